The molecular formula is C25H34N4O3. The topological polar surface area (TPSA) is 87.9 Å². The van der Waals surface area contributed by atoms with Gasteiger partial charge in [-0.05, 0) is 42.2 Å². The molecule has 1 saturated heterocycles. The molecule has 7 nitrogen and oxygen atoms in total. The lowest BCUT2D eigenvalue weighted by molar-refractivity contribution is -0.136. The van der Waals surface area contributed by atoms with Gasteiger partial charge in [0.2, 0.25) is 11.8 Å². The lowest BCUT2D eigenvalue weighted by atomic mass is 10.0. The van der Waals surface area contributed by atoms with Crippen LogP contribution in [0.4, 0.5) is 0 Å². The summed E-state index contributed by atoms with van der Waals surface area (Å²) in [5.41, 5.74) is 9.13. The van der Waals surface area contributed by atoms with Crippen molar-refractivity contribution in [1.82, 2.24) is 15.1 Å². The number of nitrogens with two attached hydrogens (primary N) is 1. The normalized spacial score (nSPS) is 18.1. The highest BCUT2D eigenvalue weighted by atomic mass is 16.5. The van der Waals surface area contributed by atoms with Gasteiger partial charge in [0.15, 0.2) is 0 Å². The Morgan fingerprint density at radius 1 is 1.19 bits per heavy atom. The van der Waals surface area contributed by atoms with Crippen LogP contribution in [-0.2, 0) is 22.7 Å². The van der Waals surface area contributed by atoms with Gasteiger partial charge in [-0.15, -0.1) is 0 Å². The molecule has 0 bridgehead atoms. The third-order valence-electron chi connectivity index (χ3n) is 6.10. The number of likely N-dealkylation sites (tertiary alicyclic amines) is 1. The van der Waals surface area contributed by atoms with E-state index in [4.69, 9.17) is 10.5 Å². The van der Waals surface area contributed by atoms with Gasteiger partial charge in [0.1, 0.15) is 11.8 Å². The maximum atomic E-state index is 12.7. The molecule has 1 aliphatic heterocycles. The van der Waals surface area contributed by atoms with E-state index in [1.54, 1.807) is 12.0 Å². The molecule has 1 aliphatic rings. The summed E-state index contributed by atoms with van der Waals surface area (Å²) in [6, 6.07) is 15.9. The van der Waals surface area contributed by atoms with Crippen LogP contribution in [0.5, 0.6) is 5.75 Å². The van der Waals surface area contributed by atoms with Crippen molar-refractivity contribution < 1.29 is 14.3 Å². The molecule has 3 rings (SSSR count). The Morgan fingerprint density at radius 2 is 1.97 bits per heavy atom. The number of ether oxygens (including phenoxy) is 1. The Balaban J connectivity index is 1.86. The number of carbonyl (C=O) groups excluding carboxylic acids is 2. The molecule has 0 spiro atoms. The van der Waals surface area contributed by atoms with E-state index in [0.29, 0.717) is 32.6 Å². The molecule has 2 atom stereocenters. The average molecular weight is 439 g/mol. The van der Waals surface area contributed by atoms with Crippen molar-refractivity contribution in [2.45, 2.75) is 45.4 Å². The van der Waals surface area contributed by atoms with Crippen LogP contribution in [0.25, 0.3) is 0 Å². The minimum atomic E-state index is -0.478. The van der Waals surface area contributed by atoms with Crippen molar-refractivity contribution >= 4 is 11.8 Å². The molecule has 2 unspecified atom stereocenters. The smallest absolute Gasteiger partial charge is 0.242 e. The zero-order chi connectivity index (χ0) is 23.1. The Kier molecular flexibility index (Phi) is 8.25. The second-order valence-electron chi connectivity index (χ2n) is 8.34. The third-order valence-corrected chi connectivity index (χ3v) is 6.10. The first kappa shape index (κ1) is 23.8. The first-order valence-corrected chi connectivity index (χ1v) is 11.1. The van der Waals surface area contributed by atoms with Gasteiger partial charge in [-0.1, -0.05) is 36.4 Å². The van der Waals surface area contributed by atoms with Gasteiger partial charge in [0.05, 0.1) is 7.11 Å². The minimum Gasteiger partial charge on any atom is -0.497 e. The summed E-state index contributed by atoms with van der Waals surface area (Å²) in [6.07, 6.45) is 0.589. The average Bonchev–Trinajstić information content (AvgIpc) is 3.24. The number of hydrogen-bond acceptors (Lipinski definition) is 5. The summed E-state index contributed by atoms with van der Waals surface area (Å²) in [5, 5.41) is 2.85. The summed E-state index contributed by atoms with van der Waals surface area (Å²) in [6.45, 7) is 6.36. The highest BCUT2D eigenvalue weighted by molar-refractivity contribution is 5.87. The van der Waals surface area contributed by atoms with Crippen LogP contribution in [0.15, 0.2) is 48.5 Å². The van der Waals surface area contributed by atoms with Crippen molar-refractivity contribution in [3.8, 4) is 5.75 Å². The van der Waals surface area contributed by atoms with Crippen LogP contribution in [-0.4, -0.2) is 60.4 Å². The standard InChI is InChI=1S/C25H34N4O3/c1-18-7-4-5-9-21(18)16-28(15-20-8-6-10-23(13-20)32-3)22-14-24(25(31)27-12-11-26)29(17-22)19(2)30/h4-10,13,22,24H,11-12,14-17,26H2,1-3H3,(H,27,31). The Labute approximate surface area is 190 Å². The highest BCUT2D eigenvalue weighted by Crippen LogP contribution is 2.27. The van der Waals surface area contributed by atoms with Crippen molar-refractivity contribution in [1.29, 1.82) is 0 Å². The van der Waals surface area contributed by atoms with E-state index in [0.717, 1.165) is 17.9 Å². The number of carbonyl (C=O) groups is 2. The molecule has 0 saturated carbocycles. The van der Waals surface area contributed by atoms with Crippen molar-refractivity contribution in [3.63, 3.8) is 0 Å². The molecule has 3 N–H and O–H groups in total. The van der Waals surface area contributed by atoms with Gasteiger partial charge < -0.3 is 20.7 Å². The number of amides is 2. The van der Waals surface area contributed by atoms with E-state index in [1.807, 2.05) is 30.3 Å². The number of methoxy groups -OCH3 is 1. The molecule has 2 amide bonds. The van der Waals surface area contributed by atoms with Gasteiger partial charge in [0, 0.05) is 45.7 Å². The van der Waals surface area contributed by atoms with E-state index < -0.39 is 6.04 Å². The van der Waals surface area contributed by atoms with Gasteiger partial charge in [-0.25, -0.2) is 0 Å². The number of rotatable bonds is 9. The number of hydrogen-bond donors (Lipinski definition) is 2. The van der Waals surface area contributed by atoms with Gasteiger partial charge >= 0.3 is 0 Å². The molecule has 0 aromatic heterocycles. The summed E-state index contributed by atoms with van der Waals surface area (Å²) in [4.78, 5) is 29.1. The molecule has 1 fully saturated rings. The monoisotopic (exact) mass is 438 g/mol. The molecule has 2 aromatic rings. The quantitative estimate of drug-likeness (QED) is 0.626. The highest BCUT2D eigenvalue weighted by Gasteiger charge is 2.40. The summed E-state index contributed by atoms with van der Waals surface area (Å²) < 4.78 is 5.40. The van der Waals surface area contributed by atoms with E-state index in [9.17, 15) is 9.59 Å². The Morgan fingerprint density at radius 3 is 2.66 bits per heavy atom. The fourth-order valence-corrected chi connectivity index (χ4v) is 4.31. The minimum absolute atomic E-state index is 0.0540. The lowest BCUT2D eigenvalue weighted by Gasteiger charge is -2.29. The fourth-order valence-electron chi connectivity index (χ4n) is 4.31. The van der Waals surface area contributed by atoms with Crippen LogP contribution in [0.2, 0.25) is 0 Å². The van der Waals surface area contributed by atoms with Gasteiger partial charge in [0.25, 0.3) is 0 Å². The summed E-state index contributed by atoms with van der Waals surface area (Å²) >= 11 is 0. The molecule has 0 aliphatic carbocycles. The van der Waals surface area contributed by atoms with Crippen molar-refractivity contribution in [2.75, 3.05) is 26.7 Å². The van der Waals surface area contributed by atoms with E-state index in [-0.39, 0.29) is 17.9 Å². The van der Waals surface area contributed by atoms with Gasteiger partial charge in [-0.3, -0.25) is 14.5 Å². The predicted octanol–water partition coefficient (Wildman–Crippen LogP) is 2.07. The number of benzene rings is 2. The molecule has 7 heteroatoms. The maximum absolute atomic E-state index is 12.7. The molecule has 1 heterocycles. The SMILES string of the molecule is COc1cccc(CN(Cc2ccccc2C)C2CC(C(=O)NCCN)N(C(C)=O)C2)c1. The van der Waals surface area contributed by atoms with Crippen LogP contribution >= 0.6 is 0 Å². The van der Waals surface area contributed by atoms with Crippen LogP contribution in [0.3, 0.4) is 0 Å². The van der Waals surface area contributed by atoms with Crippen molar-refractivity contribution in [2.24, 2.45) is 5.73 Å². The Hall–Kier alpha value is -2.90. The lowest BCUT2D eigenvalue weighted by Crippen LogP contribution is -2.46. The predicted molar refractivity (Wildman–Crippen MR) is 125 cm³/mol. The molecule has 2 aromatic carbocycles. The molecular weight excluding hydrogens is 404 g/mol. The zero-order valence-corrected chi connectivity index (χ0v) is 19.2. The van der Waals surface area contributed by atoms with Crippen molar-refractivity contribution in [3.05, 3.63) is 65.2 Å². The first-order chi connectivity index (χ1) is 15.4. The number of aryl methyl sites for hydroxylation is 1. The zero-order valence-electron chi connectivity index (χ0n) is 19.2. The Bertz CT molecular complexity index is 933. The fraction of sp³-hybridized carbons (Fsp3) is 0.440. The third kappa shape index (κ3) is 5.87. The summed E-state index contributed by atoms with van der Waals surface area (Å²) in [5.74, 6) is 0.595. The first-order valence-electron chi connectivity index (χ1n) is 11.1. The molecule has 0 radical (unpaired) electrons. The van der Waals surface area contributed by atoms with Crippen LogP contribution in [0.1, 0.15) is 30.0 Å². The van der Waals surface area contributed by atoms with E-state index >= 15 is 0 Å². The second-order valence-corrected chi connectivity index (χ2v) is 8.34. The van der Waals surface area contributed by atoms with Crippen LogP contribution < -0.4 is 15.8 Å². The number of nitrogens with zero attached hydrogens (tertiary/aromatic N) is 2. The summed E-state index contributed by atoms with van der Waals surface area (Å²) in [7, 11) is 1.66. The molecule has 172 valence electrons. The number of nitrogens with one attached hydrogen (secondary N) is 1. The van der Waals surface area contributed by atoms with E-state index in [2.05, 4.69) is 35.3 Å². The maximum Gasteiger partial charge on any atom is 0.242 e. The second kappa shape index (κ2) is 11.1. The van der Waals surface area contributed by atoms with Crippen LogP contribution in [0, 0.1) is 6.92 Å². The molecule has 32 heavy (non-hydrogen) atoms. The van der Waals surface area contributed by atoms with E-state index in [1.165, 1.54) is 18.1 Å². The van der Waals surface area contributed by atoms with Gasteiger partial charge in [-0.2, -0.15) is 0 Å². The largest absolute Gasteiger partial charge is 0.497 e.